The van der Waals surface area contributed by atoms with Crippen molar-refractivity contribution in [3.8, 4) is 0 Å². The number of ether oxygens (including phenoxy) is 1. The van der Waals surface area contributed by atoms with Crippen LogP contribution in [0, 0.1) is 0 Å². The number of amides is 2. The number of morpholine rings is 1. The standard InChI is InChI=1S/C18H24N4O3/c1-12-10-22(11-13(2)24-12)18(23)19-14(3)17-20-16(21-25-17)9-15-7-5-4-6-8-15/h4-8,12-14H,9-11H2,1-3H3,(H,19,23). The predicted molar refractivity (Wildman–Crippen MR) is 92.1 cm³/mol. The van der Waals surface area contributed by atoms with E-state index < -0.39 is 0 Å². The maximum atomic E-state index is 12.4. The number of rotatable bonds is 4. The summed E-state index contributed by atoms with van der Waals surface area (Å²) in [7, 11) is 0. The third-order valence-electron chi connectivity index (χ3n) is 4.11. The van der Waals surface area contributed by atoms with Crippen molar-refractivity contribution in [3.05, 3.63) is 47.6 Å². The molecule has 2 amide bonds. The van der Waals surface area contributed by atoms with Crippen LogP contribution in [0.2, 0.25) is 0 Å². The number of benzene rings is 1. The first-order chi connectivity index (χ1) is 12.0. The number of nitrogens with one attached hydrogen (secondary N) is 1. The van der Waals surface area contributed by atoms with E-state index in [9.17, 15) is 4.79 Å². The smallest absolute Gasteiger partial charge is 0.318 e. The highest BCUT2D eigenvalue weighted by atomic mass is 16.5. The number of hydrogen-bond donors (Lipinski definition) is 1. The van der Waals surface area contributed by atoms with Gasteiger partial charge in [-0.05, 0) is 26.3 Å². The average molecular weight is 344 g/mol. The third-order valence-corrected chi connectivity index (χ3v) is 4.11. The Bertz CT molecular complexity index is 693. The van der Waals surface area contributed by atoms with Crippen molar-refractivity contribution in [1.29, 1.82) is 0 Å². The molecule has 3 atom stereocenters. The van der Waals surface area contributed by atoms with E-state index in [4.69, 9.17) is 9.26 Å². The van der Waals surface area contributed by atoms with E-state index in [0.717, 1.165) is 5.56 Å². The molecule has 0 spiro atoms. The first-order valence-electron chi connectivity index (χ1n) is 8.58. The topological polar surface area (TPSA) is 80.5 Å². The summed E-state index contributed by atoms with van der Waals surface area (Å²) >= 11 is 0. The zero-order chi connectivity index (χ0) is 17.8. The normalized spacial score (nSPS) is 21.8. The molecule has 3 rings (SSSR count). The number of carbonyl (C=O) groups excluding carboxylic acids is 1. The second-order valence-electron chi connectivity index (χ2n) is 6.54. The van der Waals surface area contributed by atoms with Gasteiger partial charge in [0.2, 0.25) is 5.89 Å². The van der Waals surface area contributed by atoms with Crippen LogP contribution >= 0.6 is 0 Å². The molecule has 25 heavy (non-hydrogen) atoms. The van der Waals surface area contributed by atoms with Gasteiger partial charge in [-0.25, -0.2) is 4.79 Å². The van der Waals surface area contributed by atoms with Crippen LogP contribution in [-0.2, 0) is 11.2 Å². The van der Waals surface area contributed by atoms with Gasteiger partial charge >= 0.3 is 6.03 Å². The second-order valence-corrected chi connectivity index (χ2v) is 6.54. The summed E-state index contributed by atoms with van der Waals surface area (Å²) in [4.78, 5) is 18.6. The van der Waals surface area contributed by atoms with Crippen LogP contribution in [0.4, 0.5) is 4.79 Å². The van der Waals surface area contributed by atoms with Crippen molar-refractivity contribution in [3.63, 3.8) is 0 Å². The molecule has 3 unspecified atom stereocenters. The van der Waals surface area contributed by atoms with Crippen LogP contribution in [0.3, 0.4) is 0 Å². The maximum Gasteiger partial charge on any atom is 0.318 e. The van der Waals surface area contributed by atoms with Gasteiger partial charge in [-0.1, -0.05) is 35.5 Å². The molecule has 0 saturated carbocycles. The minimum absolute atomic E-state index is 0.0330. The average Bonchev–Trinajstić information content (AvgIpc) is 3.03. The fourth-order valence-electron chi connectivity index (χ4n) is 2.98. The van der Waals surface area contributed by atoms with E-state index in [1.54, 1.807) is 4.90 Å². The Morgan fingerprint density at radius 1 is 1.28 bits per heavy atom. The van der Waals surface area contributed by atoms with Crippen LogP contribution in [0.1, 0.15) is 44.1 Å². The number of urea groups is 1. The summed E-state index contributed by atoms with van der Waals surface area (Å²) in [5.41, 5.74) is 1.11. The van der Waals surface area contributed by atoms with Gasteiger partial charge in [-0.15, -0.1) is 0 Å². The molecule has 1 aromatic heterocycles. The van der Waals surface area contributed by atoms with Crippen molar-refractivity contribution in [1.82, 2.24) is 20.4 Å². The molecule has 1 N–H and O–H groups in total. The number of hydrogen-bond acceptors (Lipinski definition) is 5. The van der Waals surface area contributed by atoms with E-state index in [1.807, 2.05) is 51.1 Å². The van der Waals surface area contributed by atoms with Gasteiger partial charge in [0, 0.05) is 19.5 Å². The van der Waals surface area contributed by atoms with Crippen LogP contribution in [0.25, 0.3) is 0 Å². The summed E-state index contributed by atoms with van der Waals surface area (Å²) in [6.07, 6.45) is 0.667. The monoisotopic (exact) mass is 344 g/mol. The molecule has 0 aliphatic carbocycles. The van der Waals surface area contributed by atoms with Crippen molar-refractivity contribution in [2.75, 3.05) is 13.1 Å². The first-order valence-corrected chi connectivity index (χ1v) is 8.58. The van der Waals surface area contributed by atoms with Crippen molar-refractivity contribution >= 4 is 6.03 Å². The first kappa shape index (κ1) is 17.4. The largest absolute Gasteiger partial charge is 0.372 e. The highest BCUT2D eigenvalue weighted by Crippen LogP contribution is 2.15. The fraction of sp³-hybridized carbons (Fsp3) is 0.500. The van der Waals surface area contributed by atoms with Crippen molar-refractivity contribution in [2.24, 2.45) is 0 Å². The zero-order valence-corrected chi connectivity index (χ0v) is 14.8. The lowest BCUT2D eigenvalue weighted by Gasteiger charge is -2.35. The van der Waals surface area contributed by atoms with Gasteiger partial charge < -0.3 is 19.5 Å². The number of aromatic nitrogens is 2. The van der Waals surface area contributed by atoms with Gasteiger partial charge in [-0.3, -0.25) is 0 Å². The summed E-state index contributed by atoms with van der Waals surface area (Å²) in [6, 6.07) is 9.46. The highest BCUT2D eigenvalue weighted by molar-refractivity contribution is 5.74. The van der Waals surface area contributed by atoms with Gasteiger partial charge in [0.1, 0.15) is 6.04 Å². The van der Waals surface area contributed by atoms with E-state index in [0.29, 0.717) is 31.2 Å². The van der Waals surface area contributed by atoms with E-state index in [-0.39, 0.29) is 24.3 Å². The Hall–Kier alpha value is -2.41. The second kappa shape index (κ2) is 7.65. The zero-order valence-electron chi connectivity index (χ0n) is 14.8. The molecule has 1 saturated heterocycles. The van der Waals surface area contributed by atoms with E-state index >= 15 is 0 Å². The molecule has 0 bridgehead atoms. The third kappa shape index (κ3) is 4.57. The molecule has 0 radical (unpaired) electrons. The maximum absolute atomic E-state index is 12.4. The Labute approximate surface area is 147 Å². The minimum Gasteiger partial charge on any atom is -0.372 e. The van der Waals surface area contributed by atoms with E-state index in [2.05, 4.69) is 15.5 Å². The molecular formula is C18H24N4O3. The van der Waals surface area contributed by atoms with E-state index in [1.165, 1.54) is 0 Å². The van der Waals surface area contributed by atoms with Crippen molar-refractivity contribution < 1.29 is 14.1 Å². The Morgan fingerprint density at radius 3 is 2.64 bits per heavy atom. The van der Waals surface area contributed by atoms with Gasteiger partial charge in [0.15, 0.2) is 5.82 Å². The van der Waals surface area contributed by atoms with Crippen LogP contribution < -0.4 is 5.32 Å². The van der Waals surface area contributed by atoms with Crippen LogP contribution in [0.15, 0.2) is 34.9 Å². The minimum atomic E-state index is -0.349. The lowest BCUT2D eigenvalue weighted by atomic mass is 10.1. The van der Waals surface area contributed by atoms with Crippen molar-refractivity contribution in [2.45, 2.75) is 45.4 Å². The fourth-order valence-corrected chi connectivity index (χ4v) is 2.98. The predicted octanol–water partition coefficient (Wildman–Crippen LogP) is 2.54. The Morgan fingerprint density at radius 2 is 1.96 bits per heavy atom. The molecule has 1 aliphatic rings. The quantitative estimate of drug-likeness (QED) is 0.922. The lowest BCUT2D eigenvalue weighted by molar-refractivity contribution is -0.0548. The molecular weight excluding hydrogens is 320 g/mol. The highest BCUT2D eigenvalue weighted by Gasteiger charge is 2.27. The SMILES string of the molecule is CC1CN(C(=O)NC(C)c2nc(Cc3ccccc3)no2)CC(C)O1. The van der Waals surface area contributed by atoms with Gasteiger partial charge in [-0.2, -0.15) is 4.98 Å². The summed E-state index contributed by atoms with van der Waals surface area (Å²) < 4.78 is 11.0. The Kier molecular flexibility index (Phi) is 5.33. The lowest BCUT2D eigenvalue weighted by Crippen LogP contribution is -2.52. The molecule has 1 fully saturated rings. The van der Waals surface area contributed by atoms with Gasteiger partial charge in [0.25, 0.3) is 0 Å². The molecule has 1 aliphatic heterocycles. The van der Waals surface area contributed by atoms with Crippen LogP contribution in [0.5, 0.6) is 0 Å². The summed E-state index contributed by atoms with van der Waals surface area (Å²) in [5.74, 6) is 1.02. The molecule has 2 aromatic rings. The van der Waals surface area contributed by atoms with Gasteiger partial charge in [0.05, 0.1) is 12.2 Å². The van der Waals surface area contributed by atoms with Crippen LogP contribution in [-0.4, -0.2) is 46.4 Å². The summed E-state index contributed by atoms with van der Waals surface area (Å²) in [5, 5.41) is 6.92. The molecule has 2 heterocycles. The summed E-state index contributed by atoms with van der Waals surface area (Å²) in [6.45, 7) is 6.92. The molecule has 1 aromatic carbocycles. The molecule has 134 valence electrons. The molecule has 7 heteroatoms. The Balaban J connectivity index is 1.58. The molecule has 7 nitrogen and oxygen atoms in total. The number of carbonyl (C=O) groups is 1. The number of nitrogens with zero attached hydrogens (tertiary/aromatic N) is 3.